The molecule has 0 heterocycles. The van der Waals surface area contributed by atoms with Crippen molar-refractivity contribution >= 4 is 65.3 Å². The Morgan fingerprint density at radius 1 is 0.722 bits per heavy atom. The molecule has 4 aromatic rings. The van der Waals surface area contributed by atoms with Gasteiger partial charge in [0.2, 0.25) is 0 Å². The Balaban J connectivity index is 1.89. The van der Waals surface area contributed by atoms with Crippen LogP contribution in [0.4, 0.5) is 0 Å². The van der Waals surface area contributed by atoms with Gasteiger partial charge in [-0.25, -0.2) is 0 Å². The average Bonchev–Trinajstić information content (AvgIpc) is 2.87. The van der Waals surface area contributed by atoms with E-state index in [1.807, 2.05) is 54.6 Å². The van der Waals surface area contributed by atoms with Crippen molar-refractivity contribution in [3.63, 3.8) is 0 Å². The molecule has 0 saturated carbocycles. The molecule has 0 spiro atoms. The third-order valence-electron chi connectivity index (χ3n) is 5.68. The van der Waals surface area contributed by atoms with Gasteiger partial charge in [-0.3, -0.25) is 9.59 Å². The molecule has 0 N–H and O–H groups in total. The molecule has 6 nitrogen and oxygen atoms in total. The van der Waals surface area contributed by atoms with E-state index in [1.54, 1.807) is 13.2 Å². The second-order valence-electron chi connectivity index (χ2n) is 8.06. The smallest absolute Gasteiger partial charge is 0.311 e. The summed E-state index contributed by atoms with van der Waals surface area (Å²) in [5.41, 5.74) is 1.53. The Hall–Kier alpha value is -2.94. The van der Waals surface area contributed by atoms with Crippen LogP contribution in [-0.4, -0.2) is 33.0 Å². The highest BCUT2D eigenvalue weighted by Crippen LogP contribution is 2.46. The van der Waals surface area contributed by atoms with Crippen molar-refractivity contribution in [2.45, 2.75) is 19.3 Å². The van der Waals surface area contributed by atoms with Gasteiger partial charge < -0.3 is 18.9 Å². The van der Waals surface area contributed by atoms with Crippen LogP contribution in [0.1, 0.15) is 19.3 Å². The summed E-state index contributed by atoms with van der Waals surface area (Å²) in [4.78, 5) is 24.2. The fraction of sp³-hybridized carbons (Fsp3) is 0.214. The van der Waals surface area contributed by atoms with Crippen LogP contribution < -0.4 is 9.47 Å². The highest BCUT2D eigenvalue weighted by Gasteiger charge is 2.21. The monoisotopic (exact) mass is 614 g/mol. The molecule has 0 saturated heterocycles. The Kier molecular flexibility index (Phi) is 8.61. The molecule has 0 fully saturated rings. The standard InChI is InChI=1S/C28H24Br2O6/c1-33-16-35-23-12-6-17-14-19(29)8-10-21(17)27(23)28-22-11-9-20(30)15-18(22)7-13-24(28)36-26(32)5-3-4-25(31)34-2/h6-15H,3-5,16H2,1-2H3. The van der Waals surface area contributed by atoms with Crippen molar-refractivity contribution < 1.29 is 28.5 Å². The Morgan fingerprint density at radius 2 is 1.28 bits per heavy atom. The minimum absolute atomic E-state index is 0.0635. The maximum Gasteiger partial charge on any atom is 0.311 e. The fourth-order valence-corrected chi connectivity index (χ4v) is 4.82. The Labute approximate surface area is 225 Å². The van der Waals surface area contributed by atoms with Gasteiger partial charge in [0.1, 0.15) is 11.5 Å². The number of fused-ring (bicyclic) bond motifs is 2. The molecule has 4 aromatic carbocycles. The summed E-state index contributed by atoms with van der Waals surface area (Å²) in [5, 5.41) is 3.80. The molecule has 0 aromatic heterocycles. The number of hydrogen-bond donors (Lipinski definition) is 0. The number of carbonyl (C=O) groups excluding carboxylic acids is 2. The van der Waals surface area contributed by atoms with Gasteiger partial charge in [-0.05, 0) is 64.4 Å². The second kappa shape index (κ2) is 11.9. The minimum Gasteiger partial charge on any atom is -0.469 e. The van der Waals surface area contributed by atoms with Gasteiger partial charge in [-0.15, -0.1) is 0 Å². The largest absolute Gasteiger partial charge is 0.469 e. The first-order valence-corrected chi connectivity index (χ1v) is 12.8. The lowest BCUT2D eigenvalue weighted by Crippen LogP contribution is -2.10. The van der Waals surface area contributed by atoms with Crippen LogP contribution in [0.25, 0.3) is 32.7 Å². The number of benzene rings is 4. The molecule has 0 bridgehead atoms. The summed E-state index contributed by atoms with van der Waals surface area (Å²) in [6, 6.07) is 19.5. The molecule has 0 aliphatic heterocycles. The Morgan fingerprint density at radius 3 is 1.86 bits per heavy atom. The lowest BCUT2D eigenvalue weighted by Gasteiger charge is -2.19. The molecule has 4 rings (SSSR count). The van der Waals surface area contributed by atoms with Crippen LogP contribution in [0, 0.1) is 0 Å². The van der Waals surface area contributed by atoms with Gasteiger partial charge in [0.05, 0.1) is 7.11 Å². The molecular formula is C28H24Br2O6. The topological polar surface area (TPSA) is 71.1 Å². The lowest BCUT2D eigenvalue weighted by molar-refractivity contribution is -0.141. The number of rotatable bonds is 9. The number of methoxy groups -OCH3 is 2. The van der Waals surface area contributed by atoms with Crippen molar-refractivity contribution in [2.75, 3.05) is 21.0 Å². The predicted octanol–water partition coefficient (Wildman–Crippen LogP) is 7.42. The molecule has 0 unspecified atom stereocenters. The summed E-state index contributed by atoms with van der Waals surface area (Å²) < 4.78 is 23.6. The van der Waals surface area contributed by atoms with E-state index in [4.69, 9.17) is 14.2 Å². The van der Waals surface area contributed by atoms with E-state index >= 15 is 0 Å². The molecule has 0 aliphatic rings. The third-order valence-corrected chi connectivity index (χ3v) is 6.67. The van der Waals surface area contributed by atoms with Crippen molar-refractivity contribution in [1.29, 1.82) is 0 Å². The van der Waals surface area contributed by atoms with Gasteiger partial charge in [-0.2, -0.15) is 0 Å². The SMILES string of the molecule is COCOc1ccc2cc(Br)ccc2c1-c1c(OC(=O)CCCC(=O)OC)ccc2cc(Br)ccc12. The van der Waals surface area contributed by atoms with Crippen molar-refractivity contribution in [2.24, 2.45) is 0 Å². The van der Waals surface area contributed by atoms with Gasteiger partial charge in [0.25, 0.3) is 0 Å². The molecule has 36 heavy (non-hydrogen) atoms. The number of carbonyl (C=O) groups is 2. The zero-order chi connectivity index (χ0) is 25.7. The highest BCUT2D eigenvalue weighted by molar-refractivity contribution is 9.10. The van der Waals surface area contributed by atoms with E-state index in [1.165, 1.54) is 7.11 Å². The van der Waals surface area contributed by atoms with Crippen LogP contribution >= 0.6 is 31.9 Å². The van der Waals surface area contributed by atoms with E-state index in [9.17, 15) is 9.59 Å². The Bertz CT molecular complexity index is 1430. The minimum atomic E-state index is -0.432. The van der Waals surface area contributed by atoms with E-state index < -0.39 is 5.97 Å². The second-order valence-corrected chi connectivity index (χ2v) is 9.89. The van der Waals surface area contributed by atoms with Crippen LogP contribution in [0.3, 0.4) is 0 Å². The molecule has 8 heteroatoms. The maximum absolute atomic E-state index is 12.8. The van der Waals surface area contributed by atoms with E-state index in [2.05, 4.69) is 36.6 Å². The number of ether oxygens (including phenoxy) is 4. The first-order chi connectivity index (χ1) is 17.4. The molecule has 0 amide bonds. The molecule has 186 valence electrons. The first-order valence-electron chi connectivity index (χ1n) is 11.3. The number of halogens is 2. The van der Waals surface area contributed by atoms with Crippen molar-refractivity contribution in [3.05, 3.63) is 69.6 Å². The highest BCUT2D eigenvalue weighted by atomic mass is 79.9. The summed E-state index contributed by atoms with van der Waals surface area (Å²) in [6.07, 6.45) is 0.575. The van der Waals surface area contributed by atoms with Crippen molar-refractivity contribution in [1.82, 2.24) is 0 Å². The lowest BCUT2D eigenvalue weighted by atomic mass is 9.92. The van der Waals surface area contributed by atoms with Crippen LogP contribution in [0.2, 0.25) is 0 Å². The predicted molar refractivity (Wildman–Crippen MR) is 146 cm³/mol. The summed E-state index contributed by atoms with van der Waals surface area (Å²) in [6.45, 7) is 0.0635. The van der Waals surface area contributed by atoms with E-state index in [0.29, 0.717) is 17.9 Å². The van der Waals surface area contributed by atoms with Gasteiger partial charge >= 0.3 is 11.9 Å². The van der Waals surface area contributed by atoms with E-state index in [0.717, 1.165) is 41.6 Å². The number of hydrogen-bond acceptors (Lipinski definition) is 6. The van der Waals surface area contributed by atoms with Crippen LogP contribution in [-0.2, 0) is 19.1 Å². The molecule has 0 atom stereocenters. The summed E-state index contributed by atoms with van der Waals surface area (Å²) in [7, 11) is 2.89. The fourth-order valence-electron chi connectivity index (χ4n) is 4.06. The zero-order valence-electron chi connectivity index (χ0n) is 19.8. The van der Waals surface area contributed by atoms with Gasteiger partial charge in [0.15, 0.2) is 6.79 Å². The zero-order valence-corrected chi connectivity index (χ0v) is 23.0. The molecule has 0 aliphatic carbocycles. The summed E-state index contributed by atoms with van der Waals surface area (Å²) >= 11 is 7.09. The van der Waals surface area contributed by atoms with Crippen molar-refractivity contribution in [3.8, 4) is 22.6 Å². The first kappa shape index (κ1) is 26.1. The normalized spacial score (nSPS) is 11.0. The van der Waals surface area contributed by atoms with E-state index in [-0.39, 0.29) is 25.6 Å². The van der Waals surface area contributed by atoms with Gasteiger partial charge in [-0.1, -0.05) is 56.1 Å². The summed E-state index contributed by atoms with van der Waals surface area (Å²) in [5.74, 6) is 0.219. The quantitative estimate of drug-likeness (QED) is 0.111. The maximum atomic E-state index is 12.8. The number of esters is 2. The molecule has 0 radical (unpaired) electrons. The average molecular weight is 616 g/mol. The molecular weight excluding hydrogens is 592 g/mol. The van der Waals surface area contributed by atoms with Gasteiger partial charge in [0, 0.05) is 40.0 Å². The van der Waals surface area contributed by atoms with Crippen LogP contribution in [0.15, 0.2) is 69.6 Å². The third kappa shape index (κ3) is 5.88. The van der Waals surface area contributed by atoms with Crippen LogP contribution in [0.5, 0.6) is 11.5 Å².